The minimum Gasteiger partial charge on any atom is -0.312 e. The third-order valence-electron chi connectivity index (χ3n) is 3.27. The highest BCUT2D eigenvalue weighted by atomic mass is 79.9. The molecule has 0 aliphatic heterocycles. The minimum absolute atomic E-state index is 0.477. The first-order valence-electron chi connectivity index (χ1n) is 6.08. The van der Waals surface area contributed by atoms with Gasteiger partial charge in [0.25, 0.3) is 0 Å². The normalized spacial score (nSPS) is 17.8. The Hall–Kier alpha value is -0.350. The van der Waals surface area contributed by atoms with Crippen LogP contribution in [0.15, 0.2) is 4.47 Å². The van der Waals surface area contributed by atoms with Gasteiger partial charge in [0.2, 0.25) is 0 Å². The molecule has 1 N–H and O–H groups in total. The second kappa shape index (κ2) is 4.88. The van der Waals surface area contributed by atoms with Crippen LogP contribution >= 0.6 is 15.9 Å². The van der Waals surface area contributed by atoms with E-state index in [4.69, 9.17) is 0 Å². The van der Waals surface area contributed by atoms with Gasteiger partial charge in [-0.1, -0.05) is 6.92 Å². The zero-order valence-corrected chi connectivity index (χ0v) is 11.8. The van der Waals surface area contributed by atoms with E-state index in [1.165, 1.54) is 18.5 Å². The van der Waals surface area contributed by atoms with Gasteiger partial charge in [0.15, 0.2) is 0 Å². The number of aryl methyl sites for hydroxylation is 1. The molecule has 4 heteroatoms. The minimum atomic E-state index is 0.477. The summed E-state index contributed by atoms with van der Waals surface area (Å²) in [5.74, 6) is 0. The fraction of sp³-hybridized carbons (Fsp3) is 0.750. The van der Waals surface area contributed by atoms with Gasteiger partial charge < -0.3 is 5.32 Å². The molecule has 0 saturated heterocycles. The van der Waals surface area contributed by atoms with Crippen LogP contribution in [0.1, 0.15) is 43.6 Å². The van der Waals surface area contributed by atoms with E-state index in [1.807, 2.05) is 0 Å². The topological polar surface area (TPSA) is 29.9 Å². The molecule has 0 aromatic carbocycles. The Morgan fingerprint density at radius 2 is 2.19 bits per heavy atom. The van der Waals surface area contributed by atoms with Crippen LogP contribution in [0.25, 0.3) is 0 Å². The molecule has 0 bridgehead atoms. The van der Waals surface area contributed by atoms with Crippen LogP contribution in [-0.4, -0.2) is 22.4 Å². The van der Waals surface area contributed by atoms with Gasteiger partial charge in [0, 0.05) is 12.6 Å². The highest BCUT2D eigenvalue weighted by molar-refractivity contribution is 9.10. The third kappa shape index (κ3) is 2.48. The van der Waals surface area contributed by atoms with Crippen LogP contribution in [0.4, 0.5) is 0 Å². The third-order valence-corrected chi connectivity index (χ3v) is 4.42. The van der Waals surface area contributed by atoms with Crippen LogP contribution < -0.4 is 5.32 Å². The van der Waals surface area contributed by atoms with Crippen LogP contribution in [0.2, 0.25) is 0 Å². The van der Waals surface area contributed by atoms with E-state index in [9.17, 15) is 0 Å². The van der Waals surface area contributed by atoms with Gasteiger partial charge in [0.1, 0.15) is 0 Å². The number of aromatic nitrogens is 2. The molecule has 16 heavy (non-hydrogen) atoms. The highest BCUT2D eigenvalue weighted by Gasteiger charge is 2.23. The first-order valence-corrected chi connectivity index (χ1v) is 6.87. The lowest BCUT2D eigenvalue weighted by molar-refractivity contribution is 0.402. The predicted molar refractivity (Wildman–Crippen MR) is 69.8 cm³/mol. The van der Waals surface area contributed by atoms with Crippen molar-refractivity contribution in [2.75, 3.05) is 6.54 Å². The molecule has 2 rings (SSSR count). The lowest BCUT2D eigenvalue weighted by Crippen LogP contribution is -2.27. The van der Waals surface area contributed by atoms with Gasteiger partial charge in [-0.25, -0.2) is 0 Å². The molecule has 0 amide bonds. The molecule has 1 aliphatic rings. The Balaban J connectivity index is 2.08. The standard InChI is InChI=1S/C12H20BrN3/c1-4-11(7-14-10-5-6-10)16-9(3)12(13)8(2)15-16/h10-11,14H,4-7H2,1-3H3. The Kier molecular flexibility index (Phi) is 3.70. The van der Waals surface area contributed by atoms with Crippen molar-refractivity contribution in [3.63, 3.8) is 0 Å². The summed E-state index contributed by atoms with van der Waals surface area (Å²) in [5.41, 5.74) is 2.32. The maximum absolute atomic E-state index is 4.61. The fourth-order valence-electron chi connectivity index (χ4n) is 1.99. The van der Waals surface area contributed by atoms with Crippen molar-refractivity contribution in [2.45, 2.75) is 52.1 Å². The van der Waals surface area contributed by atoms with Crippen molar-refractivity contribution in [2.24, 2.45) is 0 Å². The Morgan fingerprint density at radius 3 is 2.62 bits per heavy atom. The Labute approximate surface area is 106 Å². The van der Waals surface area contributed by atoms with Crippen LogP contribution in [-0.2, 0) is 0 Å². The lowest BCUT2D eigenvalue weighted by Gasteiger charge is -2.18. The first kappa shape index (κ1) is 12.1. The van der Waals surface area contributed by atoms with E-state index in [0.29, 0.717) is 6.04 Å². The quantitative estimate of drug-likeness (QED) is 0.902. The summed E-state index contributed by atoms with van der Waals surface area (Å²) in [6, 6.07) is 1.25. The van der Waals surface area contributed by atoms with Crippen LogP contribution in [0.3, 0.4) is 0 Å². The van der Waals surface area contributed by atoms with Gasteiger partial charge in [-0.2, -0.15) is 5.10 Å². The van der Waals surface area contributed by atoms with Crippen LogP contribution in [0.5, 0.6) is 0 Å². The maximum Gasteiger partial charge on any atom is 0.0738 e. The summed E-state index contributed by atoms with van der Waals surface area (Å²) >= 11 is 3.59. The molecule has 0 radical (unpaired) electrons. The Morgan fingerprint density at radius 1 is 1.50 bits per heavy atom. The summed E-state index contributed by atoms with van der Waals surface area (Å²) in [5, 5.41) is 8.19. The molecular weight excluding hydrogens is 266 g/mol. The smallest absolute Gasteiger partial charge is 0.0738 e. The van der Waals surface area contributed by atoms with E-state index < -0.39 is 0 Å². The molecule has 1 unspecified atom stereocenters. The SMILES string of the molecule is CCC(CNC1CC1)n1nc(C)c(Br)c1C. The fourth-order valence-corrected chi connectivity index (χ4v) is 2.25. The first-order chi connectivity index (χ1) is 7.63. The van der Waals surface area contributed by atoms with Gasteiger partial charge >= 0.3 is 0 Å². The van der Waals surface area contributed by atoms with E-state index in [2.05, 4.69) is 51.8 Å². The summed E-state index contributed by atoms with van der Waals surface area (Å²) in [6.45, 7) is 7.44. The van der Waals surface area contributed by atoms with Crippen molar-refractivity contribution in [3.8, 4) is 0 Å². The molecule has 1 aliphatic carbocycles. The van der Waals surface area contributed by atoms with Crippen molar-refractivity contribution in [1.82, 2.24) is 15.1 Å². The number of halogens is 1. The van der Waals surface area contributed by atoms with Crippen molar-refractivity contribution < 1.29 is 0 Å². The molecular formula is C12H20BrN3. The molecule has 1 saturated carbocycles. The predicted octanol–water partition coefficient (Wildman–Crippen LogP) is 2.97. The van der Waals surface area contributed by atoms with Crippen molar-refractivity contribution in [3.05, 3.63) is 15.9 Å². The highest BCUT2D eigenvalue weighted by Crippen LogP contribution is 2.25. The van der Waals surface area contributed by atoms with Gasteiger partial charge in [0.05, 0.1) is 21.9 Å². The van der Waals surface area contributed by atoms with E-state index in [1.54, 1.807) is 0 Å². The largest absolute Gasteiger partial charge is 0.312 e. The summed E-state index contributed by atoms with van der Waals surface area (Å²) in [6.07, 6.45) is 3.81. The monoisotopic (exact) mass is 285 g/mol. The average molecular weight is 286 g/mol. The molecule has 1 heterocycles. The van der Waals surface area contributed by atoms with Crippen molar-refractivity contribution >= 4 is 15.9 Å². The summed E-state index contributed by atoms with van der Waals surface area (Å²) in [7, 11) is 0. The lowest BCUT2D eigenvalue weighted by atomic mass is 10.2. The van der Waals surface area contributed by atoms with Gasteiger partial charge in [-0.15, -0.1) is 0 Å². The van der Waals surface area contributed by atoms with E-state index >= 15 is 0 Å². The molecule has 90 valence electrons. The molecule has 1 atom stereocenters. The Bertz CT molecular complexity index is 369. The number of hydrogen-bond donors (Lipinski definition) is 1. The second-order valence-corrected chi connectivity index (χ2v) is 5.47. The van der Waals surface area contributed by atoms with E-state index in [-0.39, 0.29) is 0 Å². The summed E-state index contributed by atoms with van der Waals surface area (Å²) < 4.78 is 3.31. The van der Waals surface area contributed by atoms with E-state index in [0.717, 1.165) is 29.2 Å². The van der Waals surface area contributed by atoms with Crippen LogP contribution in [0, 0.1) is 13.8 Å². The summed E-state index contributed by atoms with van der Waals surface area (Å²) in [4.78, 5) is 0. The molecule has 1 aromatic rings. The van der Waals surface area contributed by atoms with Gasteiger partial charge in [-0.3, -0.25) is 4.68 Å². The second-order valence-electron chi connectivity index (χ2n) is 4.67. The molecule has 1 fully saturated rings. The zero-order valence-electron chi connectivity index (χ0n) is 10.3. The molecule has 0 spiro atoms. The molecule has 3 nitrogen and oxygen atoms in total. The average Bonchev–Trinajstić information content (AvgIpc) is 3.05. The number of nitrogens with one attached hydrogen (secondary N) is 1. The number of nitrogens with zero attached hydrogens (tertiary/aromatic N) is 2. The molecule has 1 aromatic heterocycles. The number of hydrogen-bond acceptors (Lipinski definition) is 2. The zero-order chi connectivity index (χ0) is 11.7. The van der Waals surface area contributed by atoms with Gasteiger partial charge in [-0.05, 0) is 49.0 Å². The maximum atomic E-state index is 4.61. The number of rotatable bonds is 5. The van der Waals surface area contributed by atoms with Crippen molar-refractivity contribution in [1.29, 1.82) is 0 Å².